The van der Waals surface area contributed by atoms with E-state index in [1.807, 2.05) is 6.07 Å². The van der Waals surface area contributed by atoms with Crippen LogP contribution in [0, 0.1) is 52.2 Å². The summed E-state index contributed by atoms with van der Waals surface area (Å²) in [6, 6.07) is 5.07. The fourth-order valence-electron chi connectivity index (χ4n) is 10.5. The summed E-state index contributed by atoms with van der Waals surface area (Å²) in [5.74, 6) is 2.92. The van der Waals surface area contributed by atoms with Crippen LogP contribution in [-0.2, 0) is 11.2 Å². The Bertz CT molecular complexity index is 1040. The summed E-state index contributed by atoms with van der Waals surface area (Å²) in [6.07, 6.45) is 10.1. The van der Waals surface area contributed by atoms with Gasteiger partial charge in [-0.1, -0.05) is 26.8 Å². The van der Waals surface area contributed by atoms with Crippen LogP contribution in [0.1, 0.15) is 90.5 Å². The molecular weight excluding hydrogens is 465 g/mol. The standard InChI is InChI=1S/C32H46FNO3/c1-19(7-10-29(37)34-16-13-22-26(33)5-4-6-27(22)34)23-8-9-24-30-25(12-15-32(23,24)3)31(2)14-11-21(35)17-20(31)18-28(30)36/h4-6,19-21,23-25,28,30,35-36H,7-18H2,1-3H3/t19-,20+,21-,23-,24+,25+,28+,30+,31+,32-/m1/s1. The van der Waals surface area contributed by atoms with Gasteiger partial charge in [0.25, 0.3) is 0 Å². The summed E-state index contributed by atoms with van der Waals surface area (Å²) in [5.41, 5.74) is 1.93. The van der Waals surface area contributed by atoms with Crippen LogP contribution < -0.4 is 4.90 Å². The Labute approximate surface area is 222 Å². The summed E-state index contributed by atoms with van der Waals surface area (Å²) >= 11 is 0. The number of amides is 1. The van der Waals surface area contributed by atoms with Crippen molar-refractivity contribution in [3.63, 3.8) is 0 Å². The molecule has 4 saturated carbocycles. The zero-order valence-corrected chi connectivity index (χ0v) is 23.0. The number of carbonyl (C=O) groups is 1. The van der Waals surface area contributed by atoms with Gasteiger partial charge in [0.1, 0.15) is 5.82 Å². The highest BCUT2D eigenvalue weighted by molar-refractivity contribution is 5.95. The normalized spacial score (nSPS) is 43.5. The van der Waals surface area contributed by atoms with E-state index in [2.05, 4.69) is 20.8 Å². The zero-order chi connectivity index (χ0) is 26.1. The number of aliphatic hydroxyl groups is 2. The summed E-state index contributed by atoms with van der Waals surface area (Å²) in [5, 5.41) is 21.8. The first kappa shape index (κ1) is 25.8. The van der Waals surface area contributed by atoms with E-state index in [0.29, 0.717) is 60.5 Å². The maximum atomic E-state index is 14.2. The van der Waals surface area contributed by atoms with E-state index in [1.165, 1.54) is 31.7 Å². The van der Waals surface area contributed by atoms with Crippen LogP contribution >= 0.6 is 0 Å². The zero-order valence-electron chi connectivity index (χ0n) is 23.0. The third-order valence-electron chi connectivity index (χ3n) is 12.5. The lowest BCUT2D eigenvalue weighted by Gasteiger charge is -2.62. The van der Waals surface area contributed by atoms with Gasteiger partial charge in [0.15, 0.2) is 0 Å². The van der Waals surface area contributed by atoms with Crippen LogP contribution in [0.3, 0.4) is 0 Å². The Kier molecular flexibility index (Phi) is 6.50. The van der Waals surface area contributed by atoms with Crippen molar-refractivity contribution < 1.29 is 19.4 Å². The minimum absolute atomic E-state index is 0.126. The van der Waals surface area contributed by atoms with Gasteiger partial charge in [-0.2, -0.15) is 0 Å². The Balaban J connectivity index is 1.13. The molecule has 37 heavy (non-hydrogen) atoms. The number of hydrogen-bond acceptors (Lipinski definition) is 3. The van der Waals surface area contributed by atoms with Gasteiger partial charge in [-0.3, -0.25) is 4.79 Å². The molecule has 1 aromatic carbocycles. The van der Waals surface area contributed by atoms with E-state index in [4.69, 9.17) is 0 Å². The van der Waals surface area contributed by atoms with Gasteiger partial charge in [-0.15, -0.1) is 0 Å². The van der Waals surface area contributed by atoms with Crippen molar-refractivity contribution >= 4 is 11.6 Å². The quantitative estimate of drug-likeness (QED) is 0.512. The Morgan fingerprint density at radius 2 is 1.84 bits per heavy atom. The monoisotopic (exact) mass is 511 g/mol. The topological polar surface area (TPSA) is 60.8 Å². The van der Waals surface area contributed by atoms with E-state index in [1.54, 1.807) is 11.0 Å². The number of fused-ring (bicyclic) bond motifs is 6. The van der Waals surface area contributed by atoms with Crippen molar-refractivity contribution in [2.75, 3.05) is 11.4 Å². The fourth-order valence-corrected chi connectivity index (χ4v) is 10.5. The number of rotatable bonds is 4. The number of halogens is 1. The summed E-state index contributed by atoms with van der Waals surface area (Å²) in [4.78, 5) is 15.0. The molecule has 4 nitrogen and oxygen atoms in total. The number of anilines is 1. The van der Waals surface area contributed by atoms with E-state index in [-0.39, 0.29) is 34.8 Å². The predicted molar refractivity (Wildman–Crippen MR) is 143 cm³/mol. The second kappa shape index (κ2) is 9.33. The van der Waals surface area contributed by atoms with Gasteiger partial charge >= 0.3 is 0 Å². The van der Waals surface area contributed by atoms with Gasteiger partial charge < -0.3 is 15.1 Å². The molecule has 5 aliphatic rings. The van der Waals surface area contributed by atoms with E-state index < -0.39 is 0 Å². The van der Waals surface area contributed by atoms with Crippen molar-refractivity contribution in [2.24, 2.45) is 46.3 Å². The minimum atomic E-state index is -0.246. The van der Waals surface area contributed by atoms with E-state index in [9.17, 15) is 19.4 Å². The van der Waals surface area contributed by atoms with Crippen LogP contribution in [0.15, 0.2) is 18.2 Å². The predicted octanol–water partition coefficient (Wildman–Crippen LogP) is 6.12. The third-order valence-corrected chi connectivity index (χ3v) is 12.5. The minimum Gasteiger partial charge on any atom is -0.393 e. The average Bonchev–Trinajstić information content (AvgIpc) is 3.45. The molecule has 6 rings (SSSR count). The van der Waals surface area contributed by atoms with Crippen molar-refractivity contribution in [1.29, 1.82) is 0 Å². The molecule has 0 saturated heterocycles. The number of nitrogens with zero attached hydrogens (tertiary/aromatic N) is 1. The van der Waals surface area contributed by atoms with Crippen molar-refractivity contribution in [1.82, 2.24) is 0 Å². The Morgan fingerprint density at radius 3 is 2.65 bits per heavy atom. The molecule has 4 fully saturated rings. The molecule has 1 amide bonds. The molecule has 0 spiro atoms. The summed E-state index contributed by atoms with van der Waals surface area (Å²) in [7, 11) is 0. The molecule has 10 atom stereocenters. The molecule has 1 heterocycles. The van der Waals surface area contributed by atoms with Gasteiger partial charge in [0.05, 0.1) is 12.2 Å². The van der Waals surface area contributed by atoms with Crippen LogP contribution in [0.2, 0.25) is 0 Å². The maximum absolute atomic E-state index is 14.2. The third kappa shape index (κ3) is 4.01. The Hall–Kier alpha value is -1.46. The second-order valence-electron chi connectivity index (χ2n) is 14.0. The van der Waals surface area contributed by atoms with Crippen LogP contribution in [0.5, 0.6) is 0 Å². The first-order chi connectivity index (χ1) is 17.6. The molecule has 4 aliphatic carbocycles. The summed E-state index contributed by atoms with van der Waals surface area (Å²) in [6.45, 7) is 7.89. The first-order valence-corrected chi connectivity index (χ1v) is 15.1. The van der Waals surface area contributed by atoms with Gasteiger partial charge in [0.2, 0.25) is 5.91 Å². The number of hydrogen-bond donors (Lipinski definition) is 2. The highest BCUT2D eigenvalue weighted by Crippen LogP contribution is 2.68. The molecule has 204 valence electrons. The molecule has 0 aromatic heterocycles. The maximum Gasteiger partial charge on any atom is 0.227 e. The van der Waals surface area contributed by atoms with Crippen LogP contribution in [0.4, 0.5) is 10.1 Å². The van der Waals surface area contributed by atoms with Crippen molar-refractivity contribution in [2.45, 2.75) is 104 Å². The molecule has 1 aromatic rings. The van der Waals surface area contributed by atoms with Crippen molar-refractivity contribution in [3.05, 3.63) is 29.6 Å². The molecule has 0 radical (unpaired) electrons. The van der Waals surface area contributed by atoms with Crippen LogP contribution in [0.25, 0.3) is 0 Å². The number of aliphatic hydroxyl groups excluding tert-OH is 2. The largest absolute Gasteiger partial charge is 0.393 e. The lowest BCUT2D eigenvalue weighted by atomic mass is 9.43. The van der Waals surface area contributed by atoms with Crippen LogP contribution in [-0.4, -0.2) is 34.9 Å². The lowest BCUT2D eigenvalue weighted by Crippen LogP contribution is -2.58. The molecule has 5 heteroatoms. The SMILES string of the molecule is C[C@H](CCC(=O)N1CCc2c(F)cccc21)[C@H]1CC[C@H]2[C@@H]3[C@@H](O)C[C@@H]4C[C@H](O)CC[C@]4(C)[C@H]3CC[C@]12C. The molecular formula is C32H46FNO3. The van der Waals surface area contributed by atoms with E-state index in [0.717, 1.165) is 37.8 Å². The molecule has 2 N–H and O–H groups in total. The highest BCUT2D eigenvalue weighted by Gasteiger charge is 2.62. The Morgan fingerprint density at radius 1 is 1.08 bits per heavy atom. The van der Waals surface area contributed by atoms with E-state index >= 15 is 0 Å². The number of benzene rings is 1. The highest BCUT2D eigenvalue weighted by atomic mass is 19.1. The second-order valence-corrected chi connectivity index (χ2v) is 14.0. The van der Waals surface area contributed by atoms with Gasteiger partial charge in [-0.25, -0.2) is 4.39 Å². The summed E-state index contributed by atoms with van der Waals surface area (Å²) < 4.78 is 14.2. The number of carbonyl (C=O) groups excluding carboxylic acids is 1. The average molecular weight is 512 g/mol. The molecule has 1 aliphatic heterocycles. The molecule has 0 unspecified atom stereocenters. The fraction of sp³-hybridized carbons (Fsp3) is 0.781. The van der Waals surface area contributed by atoms with Crippen molar-refractivity contribution in [3.8, 4) is 0 Å². The first-order valence-electron chi connectivity index (χ1n) is 15.1. The lowest BCUT2D eigenvalue weighted by molar-refractivity contribution is -0.174. The smallest absolute Gasteiger partial charge is 0.227 e. The van der Waals surface area contributed by atoms with Gasteiger partial charge in [-0.05, 0) is 123 Å². The van der Waals surface area contributed by atoms with Gasteiger partial charge in [0, 0.05) is 24.2 Å². The molecule has 0 bridgehead atoms.